The molecule has 5 nitrogen and oxygen atoms in total. The number of ether oxygens (including phenoxy) is 1. The number of benzene rings is 1. The molecule has 0 fully saturated rings. The van der Waals surface area contributed by atoms with E-state index in [1.807, 2.05) is 0 Å². The van der Waals surface area contributed by atoms with E-state index in [1.54, 1.807) is 0 Å². The van der Waals surface area contributed by atoms with Crippen LogP contribution in [0.1, 0.15) is 25.7 Å². The molecule has 0 heterocycles. The van der Waals surface area contributed by atoms with Crippen molar-refractivity contribution in [1.29, 1.82) is 0 Å². The SMILES string of the molecule is COC(=O)CCCCCNS(=O)(=O)c1ccc(F)cc1Br. The van der Waals surface area contributed by atoms with Gasteiger partial charge in [-0.2, -0.15) is 0 Å². The maximum absolute atomic E-state index is 12.9. The average Bonchev–Trinajstić information content (AvgIpc) is 2.41. The lowest BCUT2D eigenvalue weighted by Crippen LogP contribution is -2.25. The molecule has 1 aromatic carbocycles. The summed E-state index contributed by atoms with van der Waals surface area (Å²) in [5.74, 6) is -0.783. The number of methoxy groups -OCH3 is 1. The maximum Gasteiger partial charge on any atom is 0.305 e. The predicted octanol–water partition coefficient (Wildman–Crippen LogP) is 2.60. The molecule has 0 aliphatic heterocycles. The quantitative estimate of drug-likeness (QED) is 0.554. The minimum atomic E-state index is -3.67. The highest BCUT2D eigenvalue weighted by Crippen LogP contribution is 2.22. The number of unbranched alkanes of at least 4 members (excludes halogenated alkanes) is 2. The topological polar surface area (TPSA) is 72.5 Å². The van der Waals surface area contributed by atoms with Gasteiger partial charge in [0, 0.05) is 17.4 Å². The first-order valence-corrected chi connectivity index (χ1v) is 8.66. The molecule has 0 spiro atoms. The second-order valence-corrected chi connectivity index (χ2v) is 6.95. The van der Waals surface area contributed by atoms with Crippen LogP contribution in [0.5, 0.6) is 0 Å². The first-order valence-electron chi connectivity index (χ1n) is 6.38. The van der Waals surface area contributed by atoms with Gasteiger partial charge in [0.2, 0.25) is 10.0 Å². The third kappa shape index (κ3) is 6.11. The molecular formula is C13H17BrFNO4S. The van der Waals surface area contributed by atoms with E-state index >= 15 is 0 Å². The molecule has 0 aliphatic rings. The van der Waals surface area contributed by atoms with Crippen molar-refractivity contribution in [3.8, 4) is 0 Å². The van der Waals surface area contributed by atoms with Crippen molar-refractivity contribution in [1.82, 2.24) is 4.72 Å². The summed E-state index contributed by atoms with van der Waals surface area (Å²) < 4.78 is 44.1. The maximum atomic E-state index is 12.9. The molecule has 0 saturated carbocycles. The Labute approximate surface area is 132 Å². The zero-order valence-corrected chi connectivity index (χ0v) is 14.0. The van der Waals surface area contributed by atoms with Crippen molar-refractivity contribution in [2.45, 2.75) is 30.6 Å². The van der Waals surface area contributed by atoms with E-state index in [0.29, 0.717) is 25.7 Å². The summed E-state index contributed by atoms with van der Waals surface area (Å²) in [6, 6.07) is 3.40. The van der Waals surface area contributed by atoms with E-state index in [2.05, 4.69) is 25.4 Å². The van der Waals surface area contributed by atoms with E-state index in [-0.39, 0.29) is 21.9 Å². The highest BCUT2D eigenvalue weighted by Gasteiger charge is 2.17. The number of hydrogen-bond acceptors (Lipinski definition) is 4. The third-order valence-corrected chi connectivity index (χ3v) is 5.20. The van der Waals surface area contributed by atoms with Crippen LogP contribution >= 0.6 is 15.9 Å². The van der Waals surface area contributed by atoms with Crippen molar-refractivity contribution in [3.63, 3.8) is 0 Å². The van der Waals surface area contributed by atoms with Crippen LogP contribution in [0.2, 0.25) is 0 Å². The second kappa shape index (κ2) is 8.45. The van der Waals surface area contributed by atoms with Gasteiger partial charge in [-0.1, -0.05) is 6.42 Å². The Bertz CT molecular complexity index is 592. The standard InChI is InChI=1S/C13H17BrFNO4S/c1-20-13(17)5-3-2-4-8-16-21(18,19)12-7-6-10(15)9-11(12)14/h6-7,9,16H,2-5,8H2,1H3. The molecule has 0 amide bonds. The summed E-state index contributed by atoms with van der Waals surface area (Å²) in [5, 5.41) is 0. The summed E-state index contributed by atoms with van der Waals surface area (Å²) >= 11 is 3.03. The summed E-state index contributed by atoms with van der Waals surface area (Å²) in [7, 11) is -2.34. The molecular weight excluding hydrogens is 365 g/mol. The number of nitrogens with one attached hydrogen (secondary N) is 1. The summed E-state index contributed by atoms with van der Waals surface area (Å²) in [4.78, 5) is 10.9. The lowest BCUT2D eigenvalue weighted by Gasteiger charge is -2.08. The van der Waals surface area contributed by atoms with Gasteiger partial charge in [-0.3, -0.25) is 4.79 Å². The van der Waals surface area contributed by atoms with E-state index in [0.717, 1.165) is 12.1 Å². The van der Waals surface area contributed by atoms with E-state index in [1.165, 1.54) is 13.2 Å². The Balaban J connectivity index is 2.42. The fraction of sp³-hybridized carbons (Fsp3) is 0.462. The first-order chi connectivity index (χ1) is 9.86. The highest BCUT2D eigenvalue weighted by molar-refractivity contribution is 9.10. The zero-order valence-electron chi connectivity index (χ0n) is 11.6. The smallest absolute Gasteiger partial charge is 0.305 e. The summed E-state index contributed by atoms with van der Waals surface area (Å²) in [6.07, 6.45) is 2.29. The van der Waals surface area contributed by atoms with Crippen molar-refractivity contribution < 1.29 is 22.3 Å². The highest BCUT2D eigenvalue weighted by atomic mass is 79.9. The molecule has 0 unspecified atom stereocenters. The van der Waals surface area contributed by atoms with Crippen LogP contribution in [0.3, 0.4) is 0 Å². The number of halogens is 2. The molecule has 0 atom stereocenters. The van der Waals surface area contributed by atoms with Crippen LogP contribution in [0.15, 0.2) is 27.6 Å². The van der Waals surface area contributed by atoms with Crippen LogP contribution in [0, 0.1) is 5.82 Å². The average molecular weight is 382 g/mol. The monoisotopic (exact) mass is 381 g/mol. The first kappa shape index (κ1) is 18.1. The van der Waals surface area contributed by atoms with Crippen molar-refractivity contribution in [2.75, 3.05) is 13.7 Å². The van der Waals surface area contributed by atoms with Crippen LogP contribution in [-0.2, 0) is 19.6 Å². The van der Waals surface area contributed by atoms with Crippen LogP contribution < -0.4 is 4.72 Å². The van der Waals surface area contributed by atoms with Gasteiger partial charge in [0.15, 0.2) is 0 Å². The molecule has 0 aliphatic carbocycles. The molecule has 21 heavy (non-hydrogen) atoms. The van der Waals surface area contributed by atoms with Gasteiger partial charge in [-0.05, 0) is 47.0 Å². The largest absolute Gasteiger partial charge is 0.469 e. The van der Waals surface area contributed by atoms with Gasteiger partial charge in [-0.25, -0.2) is 17.5 Å². The fourth-order valence-electron chi connectivity index (χ4n) is 1.65. The molecule has 118 valence electrons. The molecule has 0 radical (unpaired) electrons. The van der Waals surface area contributed by atoms with Crippen LogP contribution in [-0.4, -0.2) is 28.0 Å². The Morgan fingerprint density at radius 2 is 2.05 bits per heavy atom. The number of hydrogen-bond donors (Lipinski definition) is 1. The van der Waals surface area contributed by atoms with E-state index < -0.39 is 15.8 Å². The molecule has 1 aromatic rings. The van der Waals surface area contributed by atoms with Gasteiger partial charge in [0.1, 0.15) is 5.82 Å². The van der Waals surface area contributed by atoms with Gasteiger partial charge in [0.25, 0.3) is 0 Å². The lowest BCUT2D eigenvalue weighted by atomic mass is 10.2. The third-order valence-electron chi connectivity index (χ3n) is 2.76. The molecule has 0 aromatic heterocycles. The predicted molar refractivity (Wildman–Crippen MR) is 79.8 cm³/mol. The van der Waals surface area contributed by atoms with Crippen LogP contribution in [0.25, 0.3) is 0 Å². The molecule has 8 heteroatoms. The van der Waals surface area contributed by atoms with Gasteiger partial charge in [0.05, 0.1) is 12.0 Å². The summed E-state index contributed by atoms with van der Waals surface area (Å²) in [6.45, 7) is 0.257. The Kier molecular flexibility index (Phi) is 7.27. The van der Waals surface area contributed by atoms with Crippen molar-refractivity contribution in [3.05, 3.63) is 28.5 Å². The Morgan fingerprint density at radius 3 is 2.67 bits per heavy atom. The Hall–Kier alpha value is -0.990. The molecule has 0 saturated heterocycles. The summed E-state index contributed by atoms with van der Waals surface area (Å²) in [5.41, 5.74) is 0. The van der Waals surface area contributed by atoms with Crippen molar-refractivity contribution in [2.24, 2.45) is 0 Å². The van der Waals surface area contributed by atoms with Gasteiger partial charge < -0.3 is 4.74 Å². The molecule has 0 bridgehead atoms. The lowest BCUT2D eigenvalue weighted by molar-refractivity contribution is -0.140. The van der Waals surface area contributed by atoms with E-state index in [9.17, 15) is 17.6 Å². The fourth-order valence-corrected chi connectivity index (χ4v) is 3.77. The minimum Gasteiger partial charge on any atom is -0.469 e. The number of carbonyl (C=O) groups is 1. The number of esters is 1. The molecule has 1 rings (SSSR count). The number of sulfonamides is 1. The van der Waals surface area contributed by atoms with Crippen molar-refractivity contribution >= 4 is 31.9 Å². The second-order valence-electron chi connectivity index (χ2n) is 4.36. The molecule has 1 N–H and O–H groups in total. The van der Waals surface area contributed by atoms with Gasteiger partial charge in [-0.15, -0.1) is 0 Å². The minimum absolute atomic E-state index is 0.00143. The number of carbonyl (C=O) groups excluding carboxylic acids is 1. The normalized spacial score (nSPS) is 11.4. The van der Waals surface area contributed by atoms with E-state index in [4.69, 9.17) is 0 Å². The Morgan fingerprint density at radius 1 is 1.33 bits per heavy atom. The number of rotatable bonds is 8. The van der Waals surface area contributed by atoms with Crippen LogP contribution in [0.4, 0.5) is 4.39 Å². The van der Waals surface area contributed by atoms with Gasteiger partial charge >= 0.3 is 5.97 Å². The zero-order chi connectivity index (χ0) is 15.9.